The predicted octanol–water partition coefficient (Wildman–Crippen LogP) is 4.69. The van der Waals surface area contributed by atoms with Gasteiger partial charge in [-0.05, 0) is 61.9 Å². The zero-order valence-corrected chi connectivity index (χ0v) is 16.5. The highest BCUT2D eigenvalue weighted by molar-refractivity contribution is 7.99. The van der Waals surface area contributed by atoms with Crippen molar-refractivity contribution in [2.75, 3.05) is 17.2 Å². The predicted molar refractivity (Wildman–Crippen MR) is 111 cm³/mol. The normalized spacial score (nSPS) is 13.9. The number of hydrogen-bond donors (Lipinski definition) is 0. The van der Waals surface area contributed by atoms with E-state index in [-0.39, 0.29) is 5.91 Å². The molecule has 4 rings (SSSR count). The molecule has 2 aromatic carbocycles. The van der Waals surface area contributed by atoms with Gasteiger partial charge in [0.15, 0.2) is 0 Å². The summed E-state index contributed by atoms with van der Waals surface area (Å²) in [5.74, 6) is 1.11. The van der Waals surface area contributed by atoms with Crippen molar-refractivity contribution in [1.82, 2.24) is 9.78 Å². The summed E-state index contributed by atoms with van der Waals surface area (Å²) >= 11 is 1.83. The molecule has 0 radical (unpaired) electrons. The number of anilines is 1. The van der Waals surface area contributed by atoms with Gasteiger partial charge in [0, 0.05) is 22.7 Å². The van der Waals surface area contributed by atoms with Crippen molar-refractivity contribution in [3.8, 4) is 0 Å². The second-order valence-corrected chi connectivity index (χ2v) is 8.05. The number of para-hydroxylation sites is 1. The molecule has 5 heteroatoms. The molecule has 1 amide bonds. The zero-order valence-electron chi connectivity index (χ0n) is 15.7. The fourth-order valence-electron chi connectivity index (χ4n) is 3.50. The molecule has 3 aromatic rings. The van der Waals surface area contributed by atoms with Gasteiger partial charge in [-0.25, -0.2) is 0 Å². The topological polar surface area (TPSA) is 38.1 Å². The van der Waals surface area contributed by atoms with Crippen molar-refractivity contribution in [3.63, 3.8) is 0 Å². The van der Waals surface area contributed by atoms with Gasteiger partial charge in [-0.15, -0.1) is 11.8 Å². The first-order valence-electron chi connectivity index (χ1n) is 9.25. The van der Waals surface area contributed by atoms with E-state index in [1.54, 1.807) is 0 Å². The minimum Gasteiger partial charge on any atom is -0.307 e. The summed E-state index contributed by atoms with van der Waals surface area (Å²) in [6.45, 7) is 5.48. The van der Waals surface area contributed by atoms with Gasteiger partial charge < -0.3 is 4.90 Å². The molecule has 1 aliphatic heterocycles. The van der Waals surface area contributed by atoms with Crippen LogP contribution in [0.5, 0.6) is 0 Å². The van der Waals surface area contributed by atoms with E-state index in [0.717, 1.165) is 46.9 Å². The third-order valence-electron chi connectivity index (χ3n) is 4.79. The molecule has 0 unspecified atom stereocenters. The smallest absolute Gasteiger partial charge is 0.258 e. The van der Waals surface area contributed by atoms with Crippen LogP contribution in [-0.4, -0.2) is 28.0 Å². The van der Waals surface area contributed by atoms with E-state index in [1.807, 2.05) is 64.7 Å². The van der Waals surface area contributed by atoms with Crippen molar-refractivity contribution >= 4 is 23.4 Å². The van der Waals surface area contributed by atoms with Gasteiger partial charge >= 0.3 is 0 Å². The molecular weight excluding hydrogens is 354 g/mol. The van der Waals surface area contributed by atoms with Gasteiger partial charge in [-0.1, -0.05) is 24.3 Å². The largest absolute Gasteiger partial charge is 0.307 e. The van der Waals surface area contributed by atoms with Crippen LogP contribution in [0.2, 0.25) is 0 Å². The van der Waals surface area contributed by atoms with E-state index in [4.69, 9.17) is 0 Å². The molecule has 138 valence electrons. The monoisotopic (exact) mass is 377 g/mol. The summed E-state index contributed by atoms with van der Waals surface area (Å²) in [6.07, 6.45) is 0.997. The maximum absolute atomic E-state index is 13.3. The Morgan fingerprint density at radius 2 is 1.96 bits per heavy atom. The molecule has 2 heterocycles. The van der Waals surface area contributed by atoms with Crippen LogP contribution in [0.15, 0.2) is 59.5 Å². The number of carbonyl (C=O) groups is 1. The average Bonchev–Trinajstić information content (AvgIpc) is 2.87. The number of benzene rings is 2. The fourth-order valence-corrected chi connectivity index (χ4v) is 4.50. The van der Waals surface area contributed by atoms with Crippen molar-refractivity contribution < 1.29 is 4.79 Å². The Balaban J connectivity index is 1.62. The van der Waals surface area contributed by atoms with Gasteiger partial charge in [0.25, 0.3) is 5.91 Å². The molecule has 0 N–H and O–H groups in total. The van der Waals surface area contributed by atoms with Gasteiger partial charge in [0.2, 0.25) is 0 Å². The lowest BCUT2D eigenvalue weighted by molar-refractivity contribution is 0.0986. The van der Waals surface area contributed by atoms with Gasteiger partial charge in [-0.2, -0.15) is 5.10 Å². The van der Waals surface area contributed by atoms with Crippen LogP contribution >= 0.6 is 11.8 Å². The number of nitrogens with zero attached hydrogens (tertiary/aromatic N) is 3. The Kier molecular flexibility index (Phi) is 5.03. The van der Waals surface area contributed by atoms with Gasteiger partial charge in [-0.3, -0.25) is 9.48 Å². The Morgan fingerprint density at radius 1 is 1.11 bits per heavy atom. The number of amides is 1. The first-order chi connectivity index (χ1) is 13.1. The van der Waals surface area contributed by atoms with Crippen LogP contribution in [0, 0.1) is 13.8 Å². The molecule has 1 aliphatic rings. The van der Waals surface area contributed by atoms with Crippen LogP contribution in [-0.2, 0) is 6.54 Å². The standard InChI is InChI=1S/C22H23N3OS/c1-16-13-17(2)25(23-16)15-18-7-5-8-19(14-18)22(26)24-11-6-12-27-21-10-4-3-9-20(21)24/h3-5,7-10,13-14H,6,11-12,15H2,1-2H3. The molecule has 27 heavy (non-hydrogen) atoms. The average molecular weight is 378 g/mol. The molecule has 0 atom stereocenters. The number of carbonyl (C=O) groups excluding carboxylic acids is 1. The molecule has 0 aliphatic carbocycles. The Morgan fingerprint density at radius 3 is 2.78 bits per heavy atom. The number of aromatic nitrogens is 2. The minimum atomic E-state index is 0.0696. The van der Waals surface area contributed by atoms with E-state index in [9.17, 15) is 4.79 Å². The maximum Gasteiger partial charge on any atom is 0.258 e. The van der Waals surface area contributed by atoms with E-state index < -0.39 is 0 Å². The van der Waals surface area contributed by atoms with Crippen LogP contribution in [0.25, 0.3) is 0 Å². The van der Waals surface area contributed by atoms with Gasteiger partial charge in [0.1, 0.15) is 0 Å². The Hall–Kier alpha value is -2.53. The number of rotatable bonds is 3. The number of hydrogen-bond acceptors (Lipinski definition) is 3. The molecule has 0 bridgehead atoms. The molecule has 0 fully saturated rings. The molecule has 4 nitrogen and oxygen atoms in total. The van der Waals surface area contributed by atoms with E-state index in [0.29, 0.717) is 6.54 Å². The maximum atomic E-state index is 13.3. The zero-order chi connectivity index (χ0) is 18.8. The van der Waals surface area contributed by atoms with E-state index in [1.165, 1.54) is 4.90 Å². The summed E-state index contributed by atoms with van der Waals surface area (Å²) in [5.41, 5.74) is 4.98. The quantitative estimate of drug-likeness (QED) is 0.664. The first-order valence-corrected chi connectivity index (χ1v) is 10.2. The molecule has 0 spiro atoms. The summed E-state index contributed by atoms with van der Waals surface area (Å²) in [6, 6.07) is 18.2. The third kappa shape index (κ3) is 3.78. The molecule has 0 saturated carbocycles. The summed E-state index contributed by atoms with van der Waals surface area (Å²) in [5, 5.41) is 4.53. The molecule has 1 aromatic heterocycles. The SMILES string of the molecule is Cc1cc(C)n(Cc2cccc(C(=O)N3CCCSc4ccccc43)c2)n1. The van der Waals surface area contributed by atoms with Crippen LogP contribution in [0.3, 0.4) is 0 Å². The van der Waals surface area contributed by atoms with Crippen molar-refractivity contribution in [2.24, 2.45) is 0 Å². The second-order valence-electron chi connectivity index (χ2n) is 6.91. The highest BCUT2D eigenvalue weighted by Crippen LogP contribution is 2.34. The highest BCUT2D eigenvalue weighted by Gasteiger charge is 2.22. The van der Waals surface area contributed by atoms with Crippen molar-refractivity contribution in [3.05, 3.63) is 77.1 Å². The fraction of sp³-hybridized carbons (Fsp3) is 0.273. The van der Waals surface area contributed by atoms with Crippen LogP contribution in [0.1, 0.15) is 33.7 Å². The number of thioether (sulfide) groups is 1. The highest BCUT2D eigenvalue weighted by atomic mass is 32.2. The molecular formula is C22H23N3OS. The lowest BCUT2D eigenvalue weighted by atomic mass is 10.1. The van der Waals surface area contributed by atoms with Gasteiger partial charge in [0.05, 0.1) is 17.9 Å². The molecule has 0 saturated heterocycles. The summed E-state index contributed by atoms with van der Waals surface area (Å²) in [4.78, 5) is 16.4. The minimum absolute atomic E-state index is 0.0696. The van der Waals surface area contributed by atoms with Crippen molar-refractivity contribution in [2.45, 2.75) is 31.7 Å². The number of aryl methyl sites for hydroxylation is 2. The van der Waals surface area contributed by atoms with E-state index >= 15 is 0 Å². The first kappa shape index (κ1) is 17.9. The summed E-state index contributed by atoms with van der Waals surface area (Å²) < 4.78 is 1.98. The van der Waals surface area contributed by atoms with E-state index in [2.05, 4.69) is 30.2 Å². The lowest BCUT2D eigenvalue weighted by Gasteiger charge is -2.22. The van der Waals surface area contributed by atoms with Crippen LogP contribution < -0.4 is 4.90 Å². The number of fused-ring (bicyclic) bond motifs is 1. The Labute approximate surface area is 164 Å². The Bertz CT molecular complexity index is 979. The van der Waals surface area contributed by atoms with Crippen molar-refractivity contribution in [1.29, 1.82) is 0 Å². The third-order valence-corrected chi connectivity index (χ3v) is 5.94. The second kappa shape index (κ2) is 7.61. The van der Waals surface area contributed by atoms with Crippen LogP contribution in [0.4, 0.5) is 5.69 Å². The summed E-state index contributed by atoms with van der Waals surface area (Å²) in [7, 11) is 0. The lowest BCUT2D eigenvalue weighted by Crippen LogP contribution is -2.31.